The summed E-state index contributed by atoms with van der Waals surface area (Å²) < 4.78 is 13.4. The first-order valence-electron chi connectivity index (χ1n) is 7.22. The van der Waals surface area contributed by atoms with Crippen LogP contribution < -0.4 is 10.2 Å². The van der Waals surface area contributed by atoms with E-state index < -0.39 is 0 Å². The van der Waals surface area contributed by atoms with E-state index in [9.17, 15) is 4.39 Å². The first kappa shape index (κ1) is 15.4. The molecule has 0 saturated carbocycles. The minimum absolute atomic E-state index is 0.296. The van der Waals surface area contributed by atoms with Crippen LogP contribution in [-0.2, 0) is 13.1 Å². The van der Waals surface area contributed by atoms with Gasteiger partial charge in [0.05, 0.1) is 6.20 Å². The molecule has 0 aliphatic heterocycles. The van der Waals surface area contributed by atoms with Crippen molar-refractivity contribution >= 4 is 5.82 Å². The van der Waals surface area contributed by atoms with E-state index in [1.165, 1.54) is 17.3 Å². The highest BCUT2D eigenvalue weighted by Gasteiger charge is 2.11. The summed E-state index contributed by atoms with van der Waals surface area (Å²) in [6.07, 6.45) is 1.28. The van der Waals surface area contributed by atoms with Crippen molar-refractivity contribution < 1.29 is 4.39 Å². The molecular formula is C17H22FN3. The van der Waals surface area contributed by atoms with Crippen LogP contribution in [0.2, 0.25) is 0 Å². The molecule has 1 aromatic heterocycles. The van der Waals surface area contributed by atoms with Crippen LogP contribution in [0.1, 0.15) is 23.6 Å². The number of pyridine rings is 1. The van der Waals surface area contributed by atoms with E-state index in [2.05, 4.69) is 46.4 Å². The van der Waals surface area contributed by atoms with E-state index in [1.807, 2.05) is 14.0 Å². The maximum atomic E-state index is 13.4. The quantitative estimate of drug-likeness (QED) is 0.884. The molecule has 1 heterocycles. The lowest BCUT2D eigenvalue weighted by Crippen LogP contribution is -2.22. The van der Waals surface area contributed by atoms with Gasteiger partial charge in [-0.3, -0.25) is 0 Å². The van der Waals surface area contributed by atoms with Gasteiger partial charge >= 0.3 is 0 Å². The number of hydrogen-bond donors (Lipinski definition) is 1. The summed E-state index contributed by atoms with van der Waals surface area (Å²) in [7, 11) is 1.98. The summed E-state index contributed by atoms with van der Waals surface area (Å²) in [6, 6.07) is 9.94. The SMILES string of the molecule is CCNCc1cc(F)cnc1N(C)Cc1cccc(C)c1. The molecule has 1 aromatic carbocycles. The van der Waals surface area contributed by atoms with Crippen molar-refractivity contribution in [2.75, 3.05) is 18.5 Å². The molecule has 21 heavy (non-hydrogen) atoms. The predicted molar refractivity (Wildman–Crippen MR) is 84.9 cm³/mol. The van der Waals surface area contributed by atoms with Gasteiger partial charge in [-0.25, -0.2) is 9.37 Å². The Bertz CT molecular complexity index is 598. The highest BCUT2D eigenvalue weighted by Crippen LogP contribution is 2.19. The minimum Gasteiger partial charge on any atom is -0.355 e. The number of aromatic nitrogens is 1. The molecule has 0 aliphatic carbocycles. The van der Waals surface area contributed by atoms with Crippen molar-refractivity contribution in [1.82, 2.24) is 10.3 Å². The Labute approximate surface area is 125 Å². The molecule has 0 bridgehead atoms. The summed E-state index contributed by atoms with van der Waals surface area (Å²) >= 11 is 0. The van der Waals surface area contributed by atoms with Crippen LogP contribution in [0.5, 0.6) is 0 Å². The van der Waals surface area contributed by atoms with E-state index in [-0.39, 0.29) is 5.82 Å². The lowest BCUT2D eigenvalue weighted by Gasteiger charge is -2.21. The van der Waals surface area contributed by atoms with E-state index >= 15 is 0 Å². The van der Waals surface area contributed by atoms with E-state index in [1.54, 1.807) is 6.07 Å². The standard InChI is InChI=1S/C17H22FN3/c1-4-19-10-15-9-16(18)11-20-17(15)21(3)12-14-7-5-6-13(2)8-14/h5-9,11,19H,4,10,12H2,1-3H3. The van der Waals surface area contributed by atoms with Gasteiger partial charge in [-0.05, 0) is 25.1 Å². The zero-order chi connectivity index (χ0) is 15.2. The zero-order valence-electron chi connectivity index (χ0n) is 12.9. The fourth-order valence-electron chi connectivity index (χ4n) is 2.37. The maximum absolute atomic E-state index is 13.4. The fraction of sp³-hybridized carbons (Fsp3) is 0.353. The average Bonchev–Trinajstić information content (AvgIpc) is 2.45. The van der Waals surface area contributed by atoms with Crippen molar-refractivity contribution in [2.45, 2.75) is 26.9 Å². The van der Waals surface area contributed by atoms with E-state index in [0.717, 1.165) is 24.5 Å². The van der Waals surface area contributed by atoms with Gasteiger partial charge in [0.25, 0.3) is 0 Å². The number of nitrogens with one attached hydrogen (secondary N) is 1. The third kappa shape index (κ3) is 4.26. The molecular weight excluding hydrogens is 265 g/mol. The summed E-state index contributed by atoms with van der Waals surface area (Å²) in [4.78, 5) is 6.32. The van der Waals surface area contributed by atoms with Gasteiger partial charge in [-0.15, -0.1) is 0 Å². The highest BCUT2D eigenvalue weighted by molar-refractivity contribution is 5.47. The van der Waals surface area contributed by atoms with Gasteiger partial charge in [0.15, 0.2) is 0 Å². The zero-order valence-corrected chi connectivity index (χ0v) is 12.9. The molecule has 0 saturated heterocycles. The molecule has 0 fully saturated rings. The smallest absolute Gasteiger partial charge is 0.141 e. The van der Waals surface area contributed by atoms with Crippen molar-refractivity contribution in [1.29, 1.82) is 0 Å². The molecule has 0 aliphatic rings. The minimum atomic E-state index is -0.296. The van der Waals surface area contributed by atoms with Gasteiger partial charge < -0.3 is 10.2 Å². The second-order valence-corrected chi connectivity index (χ2v) is 5.26. The largest absolute Gasteiger partial charge is 0.355 e. The summed E-state index contributed by atoms with van der Waals surface area (Å²) in [5, 5.41) is 3.23. The first-order valence-corrected chi connectivity index (χ1v) is 7.22. The molecule has 0 amide bonds. The fourth-order valence-corrected chi connectivity index (χ4v) is 2.37. The highest BCUT2D eigenvalue weighted by atomic mass is 19.1. The molecule has 2 aromatic rings. The van der Waals surface area contributed by atoms with E-state index in [4.69, 9.17) is 0 Å². The number of benzene rings is 1. The molecule has 4 heteroatoms. The Hall–Kier alpha value is -1.94. The lowest BCUT2D eigenvalue weighted by molar-refractivity contribution is 0.613. The average molecular weight is 287 g/mol. The molecule has 0 unspecified atom stereocenters. The van der Waals surface area contributed by atoms with Gasteiger partial charge in [0.2, 0.25) is 0 Å². The topological polar surface area (TPSA) is 28.2 Å². The second-order valence-electron chi connectivity index (χ2n) is 5.26. The van der Waals surface area contributed by atoms with Crippen LogP contribution in [0.25, 0.3) is 0 Å². The number of nitrogens with zero attached hydrogens (tertiary/aromatic N) is 2. The summed E-state index contributed by atoms with van der Waals surface area (Å²) in [5.41, 5.74) is 3.34. The number of hydrogen-bond acceptors (Lipinski definition) is 3. The van der Waals surface area contributed by atoms with Crippen molar-refractivity contribution in [3.63, 3.8) is 0 Å². The summed E-state index contributed by atoms with van der Waals surface area (Å²) in [6.45, 7) is 6.32. The molecule has 1 N–H and O–H groups in total. The first-order chi connectivity index (χ1) is 10.1. The van der Waals surface area contributed by atoms with Gasteiger partial charge in [0, 0.05) is 25.7 Å². The van der Waals surface area contributed by atoms with Crippen LogP contribution in [0, 0.1) is 12.7 Å². The number of rotatable bonds is 6. The third-order valence-corrected chi connectivity index (χ3v) is 3.34. The summed E-state index contributed by atoms with van der Waals surface area (Å²) in [5.74, 6) is 0.523. The number of anilines is 1. The normalized spacial score (nSPS) is 10.7. The monoisotopic (exact) mass is 287 g/mol. The number of halogens is 1. The molecule has 3 nitrogen and oxygen atoms in total. The van der Waals surface area contributed by atoms with Crippen molar-refractivity contribution in [3.05, 3.63) is 59.0 Å². The lowest BCUT2D eigenvalue weighted by atomic mass is 10.1. The Morgan fingerprint density at radius 1 is 1.29 bits per heavy atom. The number of aryl methyl sites for hydroxylation is 1. The maximum Gasteiger partial charge on any atom is 0.141 e. The molecule has 0 spiro atoms. The Morgan fingerprint density at radius 2 is 2.10 bits per heavy atom. The Kier molecular flexibility index (Phi) is 5.28. The van der Waals surface area contributed by atoms with Crippen LogP contribution in [0.15, 0.2) is 36.5 Å². The van der Waals surface area contributed by atoms with Crippen LogP contribution in [-0.4, -0.2) is 18.6 Å². The molecule has 0 atom stereocenters. The van der Waals surface area contributed by atoms with Crippen molar-refractivity contribution in [3.8, 4) is 0 Å². The van der Waals surface area contributed by atoms with Crippen LogP contribution in [0.3, 0.4) is 0 Å². The molecule has 0 radical (unpaired) electrons. The van der Waals surface area contributed by atoms with Crippen LogP contribution in [0.4, 0.5) is 10.2 Å². The van der Waals surface area contributed by atoms with Gasteiger partial charge in [0.1, 0.15) is 11.6 Å². The predicted octanol–water partition coefficient (Wildman–Crippen LogP) is 3.28. The Morgan fingerprint density at radius 3 is 2.81 bits per heavy atom. The third-order valence-electron chi connectivity index (χ3n) is 3.34. The second kappa shape index (κ2) is 7.18. The van der Waals surface area contributed by atoms with Crippen molar-refractivity contribution in [2.24, 2.45) is 0 Å². The Balaban J connectivity index is 2.19. The van der Waals surface area contributed by atoms with Gasteiger partial charge in [-0.2, -0.15) is 0 Å². The molecule has 112 valence electrons. The van der Waals surface area contributed by atoms with Crippen LogP contribution >= 0.6 is 0 Å². The van der Waals surface area contributed by atoms with E-state index in [0.29, 0.717) is 6.54 Å². The molecule has 2 rings (SSSR count). The van der Waals surface area contributed by atoms with Gasteiger partial charge in [-0.1, -0.05) is 36.8 Å².